The molecule has 2 aromatic rings. The molecule has 0 heterocycles. The minimum Gasteiger partial charge on any atom is -0.480 e. The molecule has 2 rings (SSSR count). The molecule has 0 bridgehead atoms. The van der Waals surface area contributed by atoms with E-state index in [0.29, 0.717) is 12.8 Å². The van der Waals surface area contributed by atoms with Gasteiger partial charge in [0.1, 0.15) is 12.1 Å². The predicted molar refractivity (Wildman–Crippen MR) is 118 cm³/mol. The molecule has 0 aromatic heterocycles. The van der Waals surface area contributed by atoms with Crippen LogP contribution in [0.4, 0.5) is 0 Å². The van der Waals surface area contributed by atoms with E-state index in [1.807, 2.05) is 60.7 Å². The molecule has 7 heteroatoms. The summed E-state index contributed by atoms with van der Waals surface area (Å²) in [6.45, 7) is 4.57. The van der Waals surface area contributed by atoms with Crippen molar-refractivity contribution in [3.63, 3.8) is 0 Å². The van der Waals surface area contributed by atoms with Crippen molar-refractivity contribution in [1.29, 1.82) is 0 Å². The summed E-state index contributed by atoms with van der Waals surface area (Å²) < 4.78 is 3.03. The number of carboxylic acids is 2. The van der Waals surface area contributed by atoms with Gasteiger partial charge in [0, 0.05) is 0 Å². The third-order valence-electron chi connectivity index (χ3n) is 3.73. The summed E-state index contributed by atoms with van der Waals surface area (Å²) in [7, 11) is 0. The summed E-state index contributed by atoms with van der Waals surface area (Å²) >= 11 is 0.218. The minimum absolute atomic E-state index is 0.218. The molecule has 0 aliphatic carbocycles. The Balaban J connectivity index is 0.000000442. The first-order chi connectivity index (χ1) is 13.8. The van der Waals surface area contributed by atoms with Gasteiger partial charge in [-0.15, -0.1) is 0 Å². The summed E-state index contributed by atoms with van der Waals surface area (Å²) in [5, 5.41) is 17.0. The fourth-order valence-corrected chi connectivity index (χ4v) is 3.59. The number of hydrogen-bond acceptors (Lipinski definition) is 4. The molecule has 6 nitrogen and oxygen atoms in total. The molecular formula is C22H32N2O4Sn. The molecule has 6 N–H and O–H groups in total. The van der Waals surface area contributed by atoms with Gasteiger partial charge >= 0.3 is 55.8 Å². The van der Waals surface area contributed by atoms with Gasteiger partial charge in [-0.25, -0.2) is 0 Å². The van der Waals surface area contributed by atoms with E-state index in [1.54, 1.807) is 0 Å². The van der Waals surface area contributed by atoms with Crippen LogP contribution in [0.2, 0.25) is 8.87 Å². The maximum atomic E-state index is 10.4. The molecule has 2 radical (unpaired) electrons. The zero-order chi connectivity index (χ0) is 22.1. The summed E-state index contributed by atoms with van der Waals surface area (Å²) in [6.07, 6.45) is 0.770. The number of carbonyl (C=O) groups is 2. The van der Waals surface area contributed by atoms with Crippen LogP contribution >= 0.6 is 0 Å². The van der Waals surface area contributed by atoms with E-state index in [9.17, 15) is 9.59 Å². The zero-order valence-corrected chi connectivity index (χ0v) is 20.0. The number of carboxylic acid groups (broad SMARTS) is 2. The van der Waals surface area contributed by atoms with E-state index in [2.05, 4.69) is 13.8 Å². The van der Waals surface area contributed by atoms with E-state index in [0.717, 1.165) is 11.1 Å². The van der Waals surface area contributed by atoms with E-state index < -0.39 is 24.0 Å². The molecule has 158 valence electrons. The second-order valence-electron chi connectivity index (χ2n) is 6.23. The Morgan fingerprint density at radius 3 is 1.28 bits per heavy atom. The van der Waals surface area contributed by atoms with Crippen molar-refractivity contribution < 1.29 is 19.8 Å². The summed E-state index contributed by atoms with van der Waals surface area (Å²) in [5.41, 5.74) is 12.6. The second-order valence-corrected chi connectivity index (χ2v) is 11.7. The van der Waals surface area contributed by atoms with Crippen LogP contribution < -0.4 is 11.5 Å². The Kier molecular flexibility index (Phi) is 15.9. The van der Waals surface area contributed by atoms with E-state index >= 15 is 0 Å². The summed E-state index contributed by atoms with van der Waals surface area (Å²) in [4.78, 5) is 20.8. The van der Waals surface area contributed by atoms with Gasteiger partial charge in [0.05, 0.1) is 0 Å². The third kappa shape index (κ3) is 14.7. The van der Waals surface area contributed by atoms with Gasteiger partial charge in [0.15, 0.2) is 0 Å². The molecule has 2 unspecified atom stereocenters. The normalized spacial score (nSPS) is 11.7. The average molecular weight is 507 g/mol. The topological polar surface area (TPSA) is 127 Å². The Hall–Kier alpha value is -1.90. The molecule has 0 aliphatic heterocycles. The fourth-order valence-electron chi connectivity index (χ4n) is 2.16. The van der Waals surface area contributed by atoms with Gasteiger partial charge in [-0.3, -0.25) is 9.59 Å². The van der Waals surface area contributed by atoms with Crippen LogP contribution in [-0.2, 0) is 22.4 Å². The van der Waals surface area contributed by atoms with Crippen LogP contribution in [0.1, 0.15) is 25.0 Å². The molecule has 0 aliphatic rings. The van der Waals surface area contributed by atoms with Crippen LogP contribution in [0, 0.1) is 0 Å². The first-order valence-corrected chi connectivity index (χ1v) is 13.6. The molecule has 2 aromatic carbocycles. The van der Waals surface area contributed by atoms with Gasteiger partial charge in [0.25, 0.3) is 0 Å². The molecule has 0 amide bonds. The van der Waals surface area contributed by atoms with E-state index in [4.69, 9.17) is 21.7 Å². The zero-order valence-electron chi connectivity index (χ0n) is 17.1. The first-order valence-electron chi connectivity index (χ1n) is 9.57. The van der Waals surface area contributed by atoms with Crippen molar-refractivity contribution in [1.82, 2.24) is 0 Å². The number of rotatable bonds is 8. The van der Waals surface area contributed by atoms with Crippen molar-refractivity contribution in [2.75, 3.05) is 0 Å². The average Bonchev–Trinajstić information content (AvgIpc) is 2.71. The third-order valence-corrected chi connectivity index (χ3v) is 6.59. The molecule has 0 saturated heterocycles. The molecule has 0 saturated carbocycles. The van der Waals surface area contributed by atoms with Gasteiger partial charge in [-0.05, 0) is 24.0 Å². The Bertz CT molecular complexity index is 624. The molecular weight excluding hydrogens is 475 g/mol. The van der Waals surface area contributed by atoms with Crippen molar-refractivity contribution in [3.05, 3.63) is 71.8 Å². The van der Waals surface area contributed by atoms with Crippen molar-refractivity contribution in [3.8, 4) is 0 Å². The van der Waals surface area contributed by atoms with Crippen LogP contribution in [0.5, 0.6) is 0 Å². The van der Waals surface area contributed by atoms with Gasteiger partial charge in [-0.1, -0.05) is 60.7 Å². The molecule has 2 atom stereocenters. The largest absolute Gasteiger partial charge is 0.480 e. The van der Waals surface area contributed by atoms with Gasteiger partial charge in [0.2, 0.25) is 0 Å². The Morgan fingerprint density at radius 2 is 1.07 bits per heavy atom. The SMILES string of the molecule is C[CH2][Sn][CH2]C.NC(Cc1ccccc1)C(=O)O.NC(Cc1ccccc1)C(=O)O. The van der Waals surface area contributed by atoms with Gasteiger partial charge < -0.3 is 21.7 Å². The number of aliphatic carboxylic acids is 2. The fraction of sp³-hybridized carbons (Fsp3) is 0.364. The standard InChI is InChI=1S/2C9H11NO2.2C2H5.Sn/c2*10-8(9(11)12)6-7-4-2-1-3-5-7;2*1-2;/h2*1-5,8H,6,10H2,(H,11,12);2*1H2,2H3;. The Morgan fingerprint density at radius 1 is 0.759 bits per heavy atom. The maximum Gasteiger partial charge on any atom is 0.320 e. The van der Waals surface area contributed by atoms with Crippen LogP contribution in [0.3, 0.4) is 0 Å². The van der Waals surface area contributed by atoms with Gasteiger partial charge in [-0.2, -0.15) is 0 Å². The van der Waals surface area contributed by atoms with Crippen molar-refractivity contribution in [2.24, 2.45) is 11.5 Å². The smallest absolute Gasteiger partial charge is 0.320 e. The molecule has 29 heavy (non-hydrogen) atoms. The minimum atomic E-state index is -0.959. The van der Waals surface area contributed by atoms with Crippen LogP contribution in [0.15, 0.2) is 60.7 Å². The monoisotopic (exact) mass is 508 g/mol. The second kappa shape index (κ2) is 17.0. The van der Waals surface area contributed by atoms with E-state index in [-0.39, 0.29) is 21.1 Å². The predicted octanol–water partition coefficient (Wildman–Crippen LogP) is 2.85. The number of hydrogen-bond donors (Lipinski definition) is 4. The van der Waals surface area contributed by atoms with Crippen LogP contribution in [-0.4, -0.2) is 55.4 Å². The number of nitrogens with two attached hydrogens (primary N) is 2. The van der Waals surface area contributed by atoms with Crippen LogP contribution in [0.25, 0.3) is 0 Å². The Labute approximate surface area is 183 Å². The first kappa shape index (κ1) is 27.1. The molecule has 0 spiro atoms. The quantitative estimate of drug-likeness (QED) is 0.408. The summed E-state index contributed by atoms with van der Waals surface area (Å²) in [6, 6.07) is 17.1. The molecule has 0 fully saturated rings. The maximum absolute atomic E-state index is 10.4. The summed E-state index contributed by atoms with van der Waals surface area (Å²) in [5.74, 6) is -1.92. The van der Waals surface area contributed by atoms with Crippen molar-refractivity contribution in [2.45, 2.75) is 47.6 Å². The van der Waals surface area contributed by atoms with Crippen molar-refractivity contribution >= 4 is 33.1 Å². The number of benzene rings is 2. The van der Waals surface area contributed by atoms with E-state index in [1.165, 1.54) is 8.87 Å².